The predicted molar refractivity (Wildman–Crippen MR) is 64.0 cm³/mol. The van der Waals surface area contributed by atoms with Gasteiger partial charge in [0.25, 0.3) is 0 Å². The van der Waals surface area contributed by atoms with Crippen molar-refractivity contribution in [2.24, 2.45) is 0 Å². The second-order valence-electron chi connectivity index (χ2n) is 4.46. The van der Waals surface area contributed by atoms with Crippen molar-refractivity contribution in [3.05, 3.63) is 24.3 Å². The molecule has 1 fully saturated rings. The Morgan fingerprint density at radius 3 is 2.11 bits per heavy atom. The average molecular weight is 275 g/mol. The zero-order valence-electron chi connectivity index (χ0n) is 10.4. The zero-order valence-corrected chi connectivity index (χ0v) is 10.4. The summed E-state index contributed by atoms with van der Waals surface area (Å²) in [6, 6.07) is 6.18. The van der Waals surface area contributed by atoms with Gasteiger partial charge in [0, 0.05) is 13.1 Å². The van der Waals surface area contributed by atoms with E-state index < -0.39 is 12.8 Å². The van der Waals surface area contributed by atoms with Gasteiger partial charge in [0.15, 0.2) is 6.61 Å². The zero-order chi connectivity index (χ0) is 13.7. The molecule has 106 valence electrons. The molecule has 1 heterocycles. The topological polar surface area (TPSA) is 21.7 Å². The van der Waals surface area contributed by atoms with Crippen molar-refractivity contribution >= 4 is 0 Å². The molecule has 1 aromatic carbocycles. The molecule has 0 amide bonds. The van der Waals surface area contributed by atoms with Crippen molar-refractivity contribution in [1.82, 2.24) is 5.06 Å². The molecule has 0 spiro atoms. The minimum absolute atomic E-state index is 0.184. The Bertz CT molecular complexity index is 386. The van der Waals surface area contributed by atoms with E-state index in [2.05, 4.69) is 4.74 Å². The van der Waals surface area contributed by atoms with E-state index in [1.165, 1.54) is 18.6 Å². The van der Waals surface area contributed by atoms with E-state index in [1.54, 1.807) is 12.1 Å². The lowest BCUT2D eigenvalue weighted by atomic mass is 10.2. The van der Waals surface area contributed by atoms with E-state index in [0.717, 1.165) is 25.9 Å². The molecule has 1 saturated heterocycles. The maximum atomic E-state index is 12.0. The molecule has 1 aromatic rings. The Morgan fingerprint density at radius 1 is 0.947 bits per heavy atom. The first-order valence-corrected chi connectivity index (χ1v) is 6.25. The second kappa shape index (κ2) is 6.14. The molecule has 0 atom stereocenters. The van der Waals surface area contributed by atoms with E-state index in [0.29, 0.717) is 5.75 Å². The number of halogens is 3. The highest BCUT2D eigenvalue weighted by molar-refractivity contribution is 5.31. The fraction of sp³-hybridized carbons (Fsp3) is 0.538. The third-order valence-electron chi connectivity index (χ3n) is 2.78. The molecule has 0 unspecified atom stereocenters. The van der Waals surface area contributed by atoms with Crippen molar-refractivity contribution in [1.29, 1.82) is 0 Å². The molecule has 0 aliphatic carbocycles. The van der Waals surface area contributed by atoms with E-state index in [9.17, 15) is 13.2 Å². The molecule has 0 saturated carbocycles. The van der Waals surface area contributed by atoms with Crippen molar-refractivity contribution < 1.29 is 22.7 Å². The third kappa shape index (κ3) is 4.98. The van der Waals surface area contributed by atoms with Crippen molar-refractivity contribution in [3.63, 3.8) is 0 Å². The van der Waals surface area contributed by atoms with Gasteiger partial charge in [-0.2, -0.15) is 13.2 Å². The van der Waals surface area contributed by atoms with E-state index in [1.807, 2.05) is 5.06 Å². The van der Waals surface area contributed by atoms with Crippen molar-refractivity contribution in [2.75, 3.05) is 19.7 Å². The summed E-state index contributed by atoms with van der Waals surface area (Å²) in [6.07, 6.45) is -0.896. The van der Waals surface area contributed by atoms with Crippen LogP contribution in [-0.2, 0) is 0 Å². The average Bonchev–Trinajstić information content (AvgIpc) is 2.38. The Balaban J connectivity index is 1.83. The van der Waals surface area contributed by atoms with Crippen LogP contribution < -0.4 is 9.57 Å². The third-order valence-corrected chi connectivity index (χ3v) is 2.78. The standard InChI is InChI=1S/C13H16F3NO2/c14-13(15,16)10-18-11-4-6-12(7-5-11)19-17-8-2-1-3-9-17/h4-7H,1-3,8-10H2. The molecule has 1 aliphatic heterocycles. The van der Waals surface area contributed by atoms with Crippen LogP contribution in [0, 0.1) is 0 Å². The molecule has 0 aromatic heterocycles. The van der Waals surface area contributed by atoms with Gasteiger partial charge in [0.05, 0.1) is 0 Å². The molecule has 0 radical (unpaired) electrons. The number of hydroxylamine groups is 2. The van der Waals surface area contributed by atoms with E-state index in [4.69, 9.17) is 4.84 Å². The van der Waals surface area contributed by atoms with Crippen LogP contribution in [-0.4, -0.2) is 30.9 Å². The number of hydrogen-bond acceptors (Lipinski definition) is 3. The maximum Gasteiger partial charge on any atom is 0.422 e. The van der Waals surface area contributed by atoms with Crippen LogP contribution in [0.1, 0.15) is 19.3 Å². The van der Waals surface area contributed by atoms with Crippen molar-refractivity contribution in [3.8, 4) is 11.5 Å². The Morgan fingerprint density at radius 2 is 1.53 bits per heavy atom. The molecule has 19 heavy (non-hydrogen) atoms. The molecular weight excluding hydrogens is 259 g/mol. The monoisotopic (exact) mass is 275 g/mol. The number of rotatable bonds is 4. The first-order chi connectivity index (χ1) is 9.03. The summed E-state index contributed by atoms with van der Waals surface area (Å²) in [4.78, 5) is 5.61. The highest BCUT2D eigenvalue weighted by Crippen LogP contribution is 2.22. The normalized spacial score (nSPS) is 17.2. The van der Waals surface area contributed by atoms with Crippen LogP contribution in [0.4, 0.5) is 13.2 Å². The largest absolute Gasteiger partial charge is 0.484 e. The summed E-state index contributed by atoms with van der Waals surface area (Å²) in [5.74, 6) is 0.796. The Hall–Kier alpha value is -1.43. The van der Waals surface area contributed by atoms with Crippen LogP contribution in [0.15, 0.2) is 24.3 Å². The van der Waals surface area contributed by atoms with Gasteiger partial charge in [-0.3, -0.25) is 0 Å². The first-order valence-electron chi connectivity index (χ1n) is 6.25. The number of alkyl halides is 3. The molecule has 1 aliphatic rings. The van der Waals surface area contributed by atoms with Crippen LogP contribution in [0.25, 0.3) is 0 Å². The summed E-state index contributed by atoms with van der Waals surface area (Å²) < 4.78 is 40.5. The van der Waals surface area contributed by atoms with Crippen LogP contribution >= 0.6 is 0 Å². The van der Waals surface area contributed by atoms with Crippen LogP contribution in [0.5, 0.6) is 11.5 Å². The first kappa shape index (κ1) is 14.0. The minimum Gasteiger partial charge on any atom is -0.484 e. The van der Waals surface area contributed by atoms with Crippen LogP contribution in [0.2, 0.25) is 0 Å². The SMILES string of the molecule is FC(F)(F)COc1ccc(ON2CCCCC2)cc1. The fourth-order valence-electron chi connectivity index (χ4n) is 1.87. The van der Waals surface area contributed by atoms with Crippen LogP contribution in [0.3, 0.4) is 0 Å². The predicted octanol–water partition coefficient (Wildman–Crippen LogP) is 3.41. The molecule has 0 N–H and O–H groups in total. The smallest absolute Gasteiger partial charge is 0.422 e. The highest BCUT2D eigenvalue weighted by Gasteiger charge is 2.28. The quantitative estimate of drug-likeness (QED) is 0.840. The molecule has 3 nitrogen and oxygen atoms in total. The van der Waals surface area contributed by atoms with Gasteiger partial charge in [0.2, 0.25) is 0 Å². The maximum absolute atomic E-state index is 12.0. The minimum atomic E-state index is -4.32. The van der Waals surface area contributed by atoms with Gasteiger partial charge in [0.1, 0.15) is 11.5 Å². The summed E-state index contributed by atoms with van der Waals surface area (Å²) in [5.41, 5.74) is 0. The number of benzene rings is 1. The number of nitrogens with zero attached hydrogens (tertiary/aromatic N) is 1. The van der Waals surface area contributed by atoms with Gasteiger partial charge in [-0.05, 0) is 37.1 Å². The number of ether oxygens (including phenoxy) is 1. The van der Waals surface area contributed by atoms with E-state index in [-0.39, 0.29) is 5.75 Å². The van der Waals surface area contributed by atoms with E-state index >= 15 is 0 Å². The molecule has 2 rings (SSSR count). The summed E-state index contributed by atoms with van der Waals surface area (Å²) in [6.45, 7) is 0.484. The number of hydrogen-bond donors (Lipinski definition) is 0. The van der Waals surface area contributed by atoms with Crippen molar-refractivity contribution in [2.45, 2.75) is 25.4 Å². The summed E-state index contributed by atoms with van der Waals surface area (Å²) >= 11 is 0. The molecular formula is C13H16F3NO2. The molecule has 0 bridgehead atoms. The summed E-state index contributed by atoms with van der Waals surface area (Å²) in [5, 5.41) is 1.87. The van der Waals surface area contributed by atoms with Gasteiger partial charge >= 0.3 is 6.18 Å². The lowest BCUT2D eigenvalue weighted by Gasteiger charge is -2.26. The number of piperidine rings is 1. The molecule has 6 heteroatoms. The van der Waals surface area contributed by atoms with Gasteiger partial charge in [-0.15, -0.1) is 5.06 Å². The lowest BCUT2D eigenvalue weighted by Crippen LogP contribution is -2.32. The lowest BCUT2D eigenvalue weighted by molar-refractivity contribution is -0.153. The Kier molecular flexibility index (Phi) is 4.52. The highest BCUT2D eigenvalue weighted by atomic mass is 19.4. The summed E-state index contributed by atoms with van der Waals surface area (Å²) in [7, 11) is 0. The van der Waals surface area contributed by atoms with Gasteiger partial charge < -0.3 is 9.57 Å². The second-order valence-corrected chi connectivity index (χ2v) is 4.46. The fourth-order valence-corrected chi connectivity index (χ4v) is 1.87. The Labute approximate surface area is 109 Å². The van der Waals surface area contributed by atoms with Gasteiger partial charge in [-0.1, -0.05) is 6.42 Å². The van der Waals surface area contributed by atoms with Gasteiger partial charge in [-0.25, -0.2) is 0 Å².